The second kappa shape index (κ2) is 24.7. The van der Waals surface area contributed by atoms with Crippen molar-refractivity contribution in [1.29, 1.82) is 0 Å². The number of hydrogen-bond donors (Lipinski definition) is 8. The van der Waals surface area contributed by atoms with Gasteiger partial charge in [-0.25, -0.2) is 9.59 Å². The largest absolute Gasteiger partial charge is 0.445 e. The van der Waals surface area contributed by atoms with Crippen molar-refractivity contribution in [1.82, 2.24) is 10.6 Å². The molecule has 0 aromatic heterocycles. The molecular formula is C51H70N2O16. The van der Waals surface area contributed by atoms with Gasteiger partial charge in [-0.1, -0.05) is 119 Å². The average molecular weight is 967 g/mol. The molecule has 19 atom stereocenters. The highest BCUT2D eigenvalue weighted by Crippen LogP contribution is 2.41. The van der Waals surface area contributed by atoms with Gasteiger partial charge < -0.3 is 79.2 Å². The van der Waals surface area contributed by atoms with Crippen molar-refractivity contribution in [3.63, 3.8) is 0 Å². The van der Waals surface area contributed by atoms with Crippen molar-refractivity contribution >= 4 is 12.2 Å². The Morgan fingerprint density at radius 1 is 0.565 bits per heavy atom. The average Bonchev–Trinajstić information content (AvgIpc) is 3.66. The summed E-state index contributed by atoms with van der Waals surface area (Å²) in [6.45, 7) is 7.24. The van der Waals surface area contributed by atoms with Gasteiger partial charge in [0.05, 0.1) is 55.8 Å². The summed E-state index contributed by atoms with van der Waals surface area (Å²) < 4.78 is 49.0. The number of ether oxygens (including phenoxy) is 8. The Balaban J connectivity index is 1.13. The van der Waals surface area contributed by atoms with E-state index in [2.05, 4.69) is 10.6 Å². The molecule has 0 spiro atoms. The summed E-state index contributed by atoms with van der Waals surface area (Å²) in [6.07, 6.45) is -16.9. The number of amides is 2. The molecule has 3 aliphatic heterocycles. The molecule has 3 heterocycles. The zero-order valence-corrected chi connectivity index (χ0v) is 39.6. The molecule has 0 radical (unpaired) electrons. The SMILES string of the molecule is CCC1OC(OC2C(CC)OC(OC3C(O)C(NC(=O)OCc4ccccc4)CC(C)C3CC3OC(COCc4ccccc4)C(O)C(O)C3NC(=O)OCc3ccccc3)C2O)C(C)C(O)C1O. The predicted molar refractivity (Wildman–Crippen MR) is 247 cm³/mol. The standard InChI is InChI=1S/C51H70N2O16/c1-5-35-42(56)40(54)29(4)48(66-35)69-47-36(6-2)67-49(45(47)59)68-46-33(28(3)22-34(41(46)55)52-50(60)63-25-31-18-12-8-13-19-31)23-37-39(53-51(61)64-26-32-20-14-9-15-21-32)44(58)43(57)38(65-37)27-62-24-30-16-10-7-11-17-30/h7-21,28-29,33-49,54-59H,5-6,22-27H2,1-4H3,(H,52,60)(H,53,61). The van der Waals surface area contributed by atoms with Gasteiger partial charge in [0.1, 0.15) is 55.9 Å². The zero-order valence-electron chi connectivity index (χ0n) is 39.6. The van der Waals surface area contributed by atoms with Gasteiger partial charge in [-0.15, -0.1) is 0 Å². The lowest BCUT2D eigenvalue weighted by Crippen LogP contribution is -2.66. The van der Waals surface area contributed by atoms with E-state index in [1.165, 1.54) is 0 Å². The molecule has 3 aromatic carbocycles. The fourth-order valence-electron chi connectivity index (χ4n) is 9.91. The molecule has 2 amide bonds. The maximum Gasteiger partial charge on any atom is 0.407 e. The normalized spacial score (nSPS) is 36.9. The highest BCUT2D eigenvalue weighted by atomic mass is 16.7. The maximum absolute atomic E-state index is 13.4. The van der Waals surface area contributed by atoms with Gasteiger partial charge in [-0.05, 0) is 54.2 Å². The van der Waals surface area contributed by atoms with Crippen LogP contribution in [0.5, 0.6) is 0 Å². The summed E-state index contributed by atoms with van der Waals surface area (Å²) in [5.74, 6) is -1.70. The number of benzene rings is 3. The first-order valence-electron chi connectivity index (χ1n) is 24.2. The second-order valence-corrected chi connectivity index (χ2v) is 18.8. The summed E-state index contributed by atoms with van der Waals surface area (Å²) >= 11 is 0. The third-order valence-corrected chi connectivity index (χ3v) is 14.0. The van der Waals surface area contributed by atoms with Crippen molar-refractivity contribution < 1.29 is 78.1 Å². The first-order chi connectivity index (χ1) is 33.3. The van der Waals surface area contributed by atoms with Crippen LogP contribution < -0.4 is 10.6 Å². The molecule has 18 heteroatoms. The van der Waals surface area contributed by atoms with Crippen molar-refractivity contribution in [3.05, 3.63) is 108 Å². The quantitative estimate of drug-likeness (QED) is 0.0909. The van der Waals surface area contributed by atoms with E-state index in [0.29, 0.717) is 12.8 Å². The van der Waals surface area contributed by atoms with Gasteiger partial charge in [0.2, 0.25) is 0 Å². The topological polar surface area (TPSA) is 253 Å². The molecule has 3 aromatic rings. The number of aliphatic hydroxyl groups is 6. The van der Waals surface area contributed by atoms with Gasteiger partial charge in [-0.2, -0.15) is 0 Å². The van der Waals surface area contributed by atoms with E-state index in [1.807, 2.05) is 99.6 Å². The molecule has 69 heavy (non-hydrogen) atoms. The highest BCUT2D eigenvalue weighted by Gasteiger charge is 2.54. The van der Waals surface area contributed by atoms with Crippen LogP contribution in [0.3, 0.4) is 0 Å². The summed E-state index contributed by atoms with van der Waals surface area (Å²) in [5, 5.41) is 74.5. The van der Waals surface area contributed by atoms with Crippen LogP contribution in [0.25, 0.3) is 0 Å². The monoisotopic (exact) mass is 966 g/mol. The number of alkyl carbamates (subject to hydrolysis) is 2. The molecule has 19 unspecified atom stereocenters. The number of carbonyl (C=O) groups excluding carboxylic acids is 2. The van der Waals surface area contributed by atoms with Crippen molar-refractivity contribution in [3.8, 4) is 0 Å². The van der Waals surface area contributed by atoms with Gasteiger partial charge in [0.25, 0.3) is 0 Å². The smallest absolute Gasteiger partial charge is 0.407 e. The summed E-state index contributed by atoms with van der Waals surface area (Å²) in [5.41, 5.74) is 2.38. The van der Waals surface area contributed by atoms with Crippen LogP contribution in [-0.2, 0) is 57.7 Å². The fourth-order valence-corrected chi connectivity index (χ4v) is 9.91. The van der Waals surface area contributed by atoms with E-state index in [9.17, 15) is 40.2 Å². The van der Waals surface area contributed by atoms with Crippen LogP contribution >= 0.6 is 0 Å². The Morgan fingerprint density at radius 2 is 1.09 bits per heavy atom. The van der Waals surface area contributed by atoms with Crippen LogP contribution in [-0.4, -0.2) is 147 Å². The van der Waals surface area contributed by atoms with Gasteiger partial charge in [-0.3, -0.25) is 0 Å². The molecule has 4 aliphatic rings. The molecule has 3 saturated heterocycles. The molecule has 8 N–H and O–H groups in total. The third kappa shape index (κ3) is 13.2. The maximum atomic E-state index is 13.4. The lowest BCUT2D eigenvalue weighted by atomic mass is 9.70. The Hall–Kier alpha value is -4.28. The number of hydrogen-bond acceptors (Lipinski definition) is 16. The van der Waals surface area contributed by atoms with Gasteiger partial charge >= 0.3 is 12.2 Å². The minimum absolute atomic E-state index is 0.0145. The van der Waals surface area contributed by atoms with E-state index in [0.717, 1.165) is 16.7 Å². The molecule has 18 nitrogen and oxygen atoms in total. The summed E-state index contributed by atoms with van der Waals surface area (Å²) in [6, 6.07) is 25.4. The van der Waals surface area contributed by atoms with Crippen molar-refractivity contribution in [2.45, 2.75) is 171 Å². The molecule has 380 valence electrons. The first kappa shape index (κ1) is 52.5. The Bertz CT molecular complexity index is 2020. The second-order valence-electron chi connectivity index (χ2n) is 18.8. The predicted octanol–water partition coefficient (Wildman–Crippen LogP) is 3.45. The first-order valence-corrected chi connectivity index (χ1v) is 24.2. The van der Waals surface area contributed by atoms with Crippen molar-refractivity contribution in [2.24, 2.45) is 17.8 Å². The van der Waals surface area contributed by atoms with E-state index in [1.54, 1.807) is 19.1 Å². The van der Waals surface area contributed by atoms with Crippen LogP contribution in [0.2, 0.25) is 0 Å². The van der Waals surface area contributed by atoms with E-state index in [-0.39, 0.29) is 45.2 Å². The molecule has 0 bridgehead atoms. The molecule has 4 fully saturated rings. The minimum atomic E-state index is -1.56. The van der Waals surface area contributed by atoms with Crippen LogP contribution in [0.1, 0.15) is 70.1 Å². The van der Waals surface area contributed by atoms with E-state index in [4.69, 9.17) is 37.9 Å². The summed E-state index contributed by atoms with van der Waals surface area (Å²) in [7, 11) is 0. The van der Waals surface area contributed by atoms with Crippen LogP contribution in [0.15, 0.2) is 91.0 Å². The van der Waals surface area contributed by atoms with E-state index < -0.39 is 122 Å². The van der Waals surface area contributed by atoms with Crippen molar-refractivity contribution in [2.75, 3.05) is 6.61 Å². The lowest BCUT2D eigenvalue weighted by Gasteiger charge is -2.48. The van der Waals surface area contributed by atoms with Gasteiger partial charge in [0, 0.05) is 5.92 Å². The lowest BCUT2D eigenvalue weighted by molar-refractivity contribution is -0.297. The van der Waals surface area contributed by atoms with Gasteiger partial charge in [0.15, 0.2) is 12.6 Å². The number of aliphatic hydroxyl groups excluding tert-OH is 6. The van der Waals surface area contributed by atoms with Crippen LogP contribution in [0.4, 0.5) is 9.59 Å². The fraction of sp³-hybridized carbons (Fsp3) is 0.608. The highest BCUT2D eigenvalue weighted by molar-refractivity contribution is 5.68. The Morgan fingerprint density at radius 3 is 1.67 bits per heavy atom. The number of nitrogens with one attached hydrogen (secondary N) is 2. The third-order valence-electron chi connectivity index (χ3n) is 14.0. The van der Waals surface area contributed by atoms with E-state index >= 15 is 0 Å². The number of carbonyl (C=O) groups is 2. The van der Waals surface area contributed by atoms with Crippen LogP contribution in [0, 0.1) is 17.8 Å². The Labute approximate surface area is 403 Å². The number of rotatable bonds is 18. The molecular weight excluding hydrogens is 897 g/mol. The minimum Gasteiger partial charge on any atom is -0.445 e. The molecule has 1 saturated carbocycles. The molecule has 7 rings (SSSR count). The molecule has 1 aliphatic carbocycles. The Kier molecular flexibility index (Phi) is 18.8. The zero-order chi connectivity index (χ0) is 49.2. The summed E-state index contributed by atoms with van der Waals surface area (Å²) in [4.78, 5) is 26.7.